The summed E-state index contributed by atoms with van der Waals surface area (Å²) in [5.41, 5.74) is 0.781. The zero-order chi connectivity index (χ0) is 21.7. The number of rotatable bonds is 5. The van der Waals surface area contributed by atoms with E-state index >= 15 is 0 Å². The fourth-order valence-electron chi connectivity index (χ4n) is 4.45. The van der Waals surface area contributed by atoms with Crippen molar-refractivity contribution in [2.24, 2.45) is 0 Å². The molecule has 1 aromatic rings. The monoisotopic (exact) mass is 418 g/mol. The number of carboxylic acid groups (broad SMARTS) is 1. The van der Waals surface area contributed by atoms with Crippen molar-refractivity contribution in [1.82, 2.24) is 10.2 Å². The van der Waals surface area contributed by atoms with Crippen molar-refractivity contribution < 1.29 is 24.2 Å². The van der Waals surface area contributed by atoms with Crippen LogP contribution in [0.15, 0.2) is 30.3 Å². The Kier molecular flexibility index (Phi) is 7.23. The van der Waals surface area contributed by atoms with Gasteiger partial charge in [-0.3, -0.25) is 0 Å². The van der Waals surface area contributed by atoms with E-state index in [1.54, 1.807) is 20.8 Å². The van der Waals surface area contributed by atoms with Crippen LogP contribution in [0.4, 0.5) is 9.59 Å². The van der Waals surface area contributed by atoms with Crippen LogP contribution in [0.25, 0.3) is 0 Å². The van der Waals surface area contributed by atoms with E-state index in [0.29, 0.717) is 18.9 Å². The molecule has 2 atom stereocenters. The van der Waals surface area contributed by atoms with Crippen LogP contribution >= 0.6 is 0 Å². The minimum atomic E-state index is -0.982. The van der Waals surface area contributed by atoms with Crippen LogP contribution in [0.2, 0.25) is 0 Å². The summed E-state index contributed by atoms with van der Waals surface area (Å²) in [7, 11) is 0. The number of alkyl carbamates (subject to hydrolysis) is 1. The zero-order valence-electron chi connectivity index (χ0n) is 18.2. The molecule has 0 bridgehead atoms. The number of nitrogens with zero attached hydrogens (tertiary/aromatic N) is 1. The maximum absolute atomic E-state index is 12.2. The lowest BCUT2D eigenvalue weighted by atomic mass is 9.83. The average molecular weight is 419 g/mol. The molecule has 2 aliphatic rings. The van der Waals surface area contributed by atoms with E-state index in [9.17, 15) is 14.7 Å². The number of carbonyl (C=O) groups excluding carboxylic acids is 1. The van der Waals surface area contributed by atoms with Crippen molar-refractivity contribution in [3.63, 3.8) is 0 Å². The molecule has 0 aromatic heterocycles. The highest BCUT2D eigenvalue weighted by Crippen LogP contribution is 2.34. The molecule has 2 amide bonds. The molecule has 30 heavy (non-hydrogen) atoms. The van der Waals surface area contributed by atoms with Crippen LogP contribution in [0.5, 0.6) is 0 Å². The van der Waals surface area contributed by atoms with Crippen LogP contribution in [-0.2, 0) is 9.47 Å². The molecular formula is C23H34N2O5. The Balaban J connectivity index is 1.52. The van der Waals surface area contributed by atoms with Crippen molar-refractivity contribution in [1.29, 1.82) is 0 Å². The van der Waals surface area contributed by atoms with Crippen molar-refractivity contribution in [3.8, 4) is 0 Å². The molecule has 2 fully saturated rings. The number of hydrogen-bond donors (Lipinski definition) is 2. The van der Waals surface area contributed by atoms with Gasteiger partial charge in [0.15, 0.2) is 0 Å². The minimum absolute atomic E-state index is 0.128. The second-order valence-corrected chi connectivity index (χ2v) is 9.30. The van der Waals surface area contributed by atoms with Crippen LogP contribution in [0, 0.1) is 0 Å². The van der Waals surface area contributed by atoms with Crippen LogP contribution in [0.1, 0.15) is 64.4 Å². The third-order valence-corrected chi connectivity index (χ3v) is 5.94. The number of benzene rings is 1. The lowest BCUT2D eigenvalue weighted by Crippen LogP contribution is -2.50. The van der Waals surface area contributed by atoms with E-state index in [-0.39, 0.29) is 18.8 Å². The predicted molar refractivity (Wildman–Crippen MR) is 114 cm³/mol. The number of likely N-dealkylation sites (tertiary alicyclic amines) is 1. The van der Waals surface area contributed by atoms with Gasteiger partial charge in [-0.05, 0) is 64.4 Å². The molecule has 1 saturated heterocycles. The molecule has 0 unspecified atom stereocenters. The molecule has 7 nitrogen and oxygen atoms in total. The molecule has 1 aromatic carbocycles. The molecule has 0 radical (unpaired) electrons. The minimum Gasteiger partial charge on any atom is -0.465 e. The standard InChI is InChI=1S/C23H34N2O5/c1-23(2,3)30-21(26)24-19-13-14-25(22(27)28)20(19)15-29-18-11-9-17(10-12-18)16-7-5-4-6-8-16/h4-8,17-20H,9-15H2,1-3H3,(H,24,26)(H,27,28)/t17-,18+,19-,20-/m0/s1. The molecule has 7 heteroatoms. The first-order valence-electron chi connectivity index (χ1n) is 10.9. The summed E-state index contributed by atoms with van der Waals surface area (Å²) in [5.74, 6) is 0.564. The van der Waals surface area contributed by atoms with Crippen LogP contribution in [-0.4, -0.2) is 59.1 Å². The Morgan fingerprint density at radius 1 is 1.10 bits per heavy atom. The lowest BCUT2D eigenvalue weighted by Gasteiger charge is -2.32. The van der Waals surface area contributed by atoms with E-state index in [4.69, 9.17) is 9.47 Å². The van der Waals surface area contributed by atoms with E-state index in [1.165, 1.54) is 10.5 Å². The fraction of sp³-hybridized carbons (Fsp3) is 0.652. The van der Waals surface area contributed by atoms with Crippen molar-refractivity contribution in [3.05, 3.63) is 35.9 Å². The molecule has 2 N–H and O–H groups in total. The summed E-state index contributed by atoms with van der Waals surface area (Å²) in [6.45, 7) is 6.07. The molecule has 1 saturated carbocycles. The normalized spacial score (nSPS) is 27.0. The van der Waals surface area contributed by atoms with Gasteiger partial charge in [-0.2, -0.15) is 0 Å². The summed E-state index contributed by atoms with van der Waals surface area (Å²) in [5, 5.41) is 12.4. The topological polar surface area (TPSA) is 88.1 Å². The van der Waals surface area contributed by atoms with E-state index in [0.717, 1.165) is 25.7 Å². The number of amides is 2. The SMILES string of the molecule is CC(C)(C)OC(=O)N[C@H]1CCN(C(=O)O)[C@H]1CO[C@H]1CC[C@@H](c2ccccc2)CC1. The smallest absolute Gasteiger partial charge is 0.407 e. The first-order valence-corrected chi connectivity index (χ1v) is 10.9. The molecule has 1 aliphatic heterocycles. The Labute approximate surface area is 178 Å². The Bertz CT molecular complexity index is 710. The van der Waals surface area contributed by atoms with Gasteiger partial charge >= 0.3 is 12.2 Å². The molecule has 1 heterocycles. The number of hydrogen-bond acceptors (Lipinski definition) is 4. The van der Waals surface area contributed by atoms with Crippen LogP contribution < -0.4 is 5.32 Å². The largest absolute Gasteiger partial charge is 0.465 e. The van der Waals surface area contributed by atoms with E-state index in [1.807, 2.05) is 6.07 Å². The van der Waals surface area contributed by atoms with Gasteiger partial charge < -0.3 is 24.8 Å². The zero-order valence-corrected chi connectivity index (χ0v) is 18.2. The molecule has 0 spiro atoms. The summed E-state index contributed by atoms with van der Waals surface area (Å²) in [4.78, 5) is 25.2. The van der Waals surface area contributed by atoms with Gasteiger partial charge in [-0.15, -0.1) is 0 Å². The number of ether oxygens (including phenoxy) is 2. The van der Waals surface area contributed by atoms with E-state index in [2.05, 4.69) is 29.6 Å². The highest BCUT2D eigenvalue weighted by molar-refractivity contribution is 5.69. The van der Waals surface area contributed by atoms with Crippen molar-refractivity contribution >= 4 is 12.2 Å². The maximum atomic E-state index is 12.2. The van der Waals surface area contributed by atoms with E-state index < -0.39 is 23.8 Å². The van der Waals surface area contributed by atoms with Gasteiger partial charge in [0.2, 0.25) is 0 Å². The van der Waals surface area contributed by atoms with Crippen molar-refractivity contribution in [2.75, 3.05) is 13.2 Å². The number of carbonyl (C=O) groups is 2. The second-order valence-electron chi connectivity index (χ2n) is 9.30. The summed E-state index contributed by atoms with van der Waals surface area (Å²) in [6, 6.07) is 9.85. The summed E-state index contributed by atoms with van der Waals surface area (Å²) < 4.78 is 11.5. The molecule has 3 rings (SSSR count). The van der Waals surface area contributed by atoms with Gasteiger partial charge in [-0.25, -0.2) is 9.59 Å². The average Bonchev–Trinajstić information content (AvgIpc) is 3.08. The Morgan fingerprint density at radius 2 is 1.77 bits per heavy atom. The predicted octanol–water partition coefficient (Wildman–Crippen LogP) is 4.38. The Morgan fingerprint density at radius 3 is 2.37 bits per heavy atom. The molecule has 1 aliphatic carbocycles. The van der Waals surface area contributed by atoms with Gasteiger partial charge in [0.1, 0.15) is 5.60 Å². The van der Waals surface area contributed by atoms with Gasteiger partial charge in [-0.1, -0.05) is 30.3 Å². The molecule has 166 valence electrons. The third kappa shape index (κ3) is 6.11. The van der Waals surface area contributed by atoms with Gasteiger partial charge in [0, 0.05) is 6.54 Å². The van der Waals surface area contributed by atoms with Crippen molar-refractivity contribution in [2.45, 2.75) is 82.6 Å². The highest BCUT2D eigenvalue weighted by atomic mass is 16.6. The first-order chi connectivity index (χ1) is 14.2. The molecular weight excluding hydrogens is 384 g/mol. The first kappa shape index (κ1) is 22.4. The Hall–Kier alpha value is -2.28. The fourth-order valence-corrected chi connectivity index (χ4v) is 4.45. The lowest BCUT2D eigenvalue weighted by molar-refractivity contribution is -0.00637. The summed E-state index contributed by atoms with van der Waals surface area (Å²) >= 11 is 0. The third-order valence-electron chi connectivity index (χ3n) is 5.94. The highest BCUT2D eigenvalue weighted by Gasteiger charge is 2.39. The quantitative estimate of drug-likeness (QED) is 0.741. The van der Waals surface area contributed by atoms with Gasteiger partial charge in [0.05, 0.1) is 24.8 Å². The maximum Gasteiger partial charge on any atom is 0.407 e. The second kappa shape index (κ2) is 9.69. The summed E-state index contributed by atoms with van der Waals surface area (Å²) in [6.07, 6.45) is 3.25. The van der Waals surface area contributed by atoms with Crippen LogP contribution in [0.3, 0.4) is 0 Å². The van der Waals surface area contributed by atoms with Gasteiger partial charge in [0.25, 0.3) is 0 Å². The number of nitrogens with one attached hydrogen (secondary N) is 1.